The standard InChI is InChI=1S/C14H20N2O2/c1-12(7-8-15)16(10-14(18)11-17)9-13-5-3-2-4-6-13/h2-6,12,14,17-18H,7,9-11H2,1H3/t12?,14-/m0/s1. The molecule has 98 valence electrons. The highest BCUT2D eigenvalue weighted by atomic mass is 16.3. The van der Waals surface area contributed by atoms with Crippen molar-refractivity contribution in [2.45, 2.75) is 32.0 Å². The zero-order valence-corrected chi connectivity index (χ0v) is 10.7. The largest absolute Gasteiger partial charge is 0.394 e. The van der Waals surface area contributed by atoms with Crippen LogP contribution in [0, 0.1) is 11.3 Å². The predicted octanol–water partition coefficient (Wildman–Crippen LogP) is 1.14. The van der Waals surface area contributed by atoms with Crippen LogP contribution in [0.25, 0.3) is 0 Å². The van der Waals surface area contributed by atoms with Crippen molar-refractivity contribution >= 4 is 0 Å². The van der Waals surface area contributed by atoms with E-state index in [0.29, 0.717) is 19.5 Å². The van der Waals surface area contributed by atoms with Crippen LogP contribution >= 0.6 is 0 Å². The second-order valence-corrected chi connectivity index (χ2v) is 4.46. The van der Waals surface area contributed by atoms with E-state index in [9.17, 15) is 5.11 Å². The van der Waals surface area contributed by atoms with Crippen molar-refractivity contribution in [2.75, 3.05) is 13.2 Å². The van der Waals surface area contributed by atoms with Crippen LogP contribution < -0.4 is 0 Å². The molecule has 1 unspecified atom stereocenters. The van der Waals surface area contributed by atoms with Crippen molar-refractivity contribution < 1.29 is 10.2 Å². The molecule has 0 bridgehead atoms. The van der Waals surface area contributed by atoms with Crippen LogP contribution in [0.2, 0.25) is 0 Å². The smallest absolute Gasteiger partial charge is 0.0897 e. The van der Waals surface area contributed by atoms with Crippen molar-refractivity contribution in [3.63, 3.8) is 0 Å². The minimum atomic E-state index is -0.769. The van der Waals surface area contributed by atoms with Crippen LogP contribution in [0.3, 0.4) is 0 Å². The third-order valence-electron chi connectivity index (χ3n) is 2.89. The molecule has 1 aromatic carbocycles. The molecule has 18 heavy (non-hydrogen) atoms. The topological polar surface area (TPSA) is 67.5 Å². The highest BCUT2D eigenvalue weighted by Crippen LogP contribution is 2.11. The molecule has 2 N–H and O–H groups in total. The molecule has 0 aliphatic heterocycles. The molecule has 0 aliphatic carbocycles. The molecular weight excluding hydrogens is 228 g/mol. The highest BCUT2D eigenvalue weighted by Gasteiger charge is 2.17. The predicted molar refractivity (Wildman–Crippen MR) is 69.6 cm³/mol. The van der Waals surface area contributed by atoms with Gasteiger partial charge in [0.25, 0.3) is 0 Å². The number of nitriles is 1. The van der Waals surface area contributed by atoms with E-state index in [4.69, 9.17) is 10.4 Å². The van der Waals surface area contributed by atoms with Gasteiger partial charge in [-0.3, -0.25) is 4.90 Å². The maximum absolute atomic E-state index is 9.55. The summed E-state index contributed by atoms with van der Waals surface area (Å²) in [5, 5.41) is 27.2. The van der Waals surface area contributed by atoms with Crippen molar-refractivity contribution in [1.29, 1.82) is 5.26 Å². The lowest BCUT2D eigenvalue weighted by Crippen LogP contribution is -2.39. The van der Waals surface area contributed by atoms with E-state index in [1.54, 1.807) is 0 Å². The summed E-state index contributed by atoms with van der Waals surface area (Å²) in [4.78, 5) is 2.01. The molecular formula is C14H20N2O2. The van der Waals surface area contributed by atoms with E-state index < -0.39 is 6.10 Å². The molecule has 2 atom stereocenters. The first-order chi connectivity index (χ1) is 8.67. The number of aliphatic hydroxyl groups excluding tert-OH is 2. The Kier molecular flexibility index (Phi) is 6.37. The number of hydrogen-bond acceptors (Lipinski definition) is 4. The van der Waals surface area contributed by atoms with Gasteiger partial charge >= 0.3 is 0 Å². The van der Waals surface area contributed by atoms with E-state index in [0.717, 1.165) is 5.56 Å². The fourth-order valence-corrected chi connectivity index (χ4v) is 1.81. The second-order valence-electron chi connectivity index (χ2n) is 4.46. The molecule has 0 heterocycles. The van der Waals surface area contributed by atoms with Gasteiger partial charge in [-0.2, -0.15) is 5.26 Å². The van der Waals surface area contributed by atoms with E-state index in [1.165, 1.54) is 0 Å². The molecule has 0 radical (unpaired) electrons. The Morgan fingerprint density at radius 1 is 1.33 bits per heavy atom. The third-order valence-corrected chi connectivity index (χ3v) is 2.89. The lowest BCUT2D eigenvalue weighted by atomic mass is 10.1. The molecule has 1 aromatic rings. The number of hydrogen-bond donors (Lipinski definition) is 2. The number of aliphatic hydroxyl groups is 2. The summed E-state index contributed by atoms with van der Waals surface area (Å²) < 4.78 is 0. The molecule has 4 heteroatoms. The fourth-order valence-electron chi connectivity index (χ4n) is 1.81. The Bertz CT molecular complexity index is 375. The lowest BCUT2D eigenvalue weighted by Gasteiger charge is -2.29. The van der Waals surface area contributed by atoms with E-state index in [-0.39, 0.29) is 12.6 Å². The molecule has 1 rings (SSSR count). The summed E-state index contributed by atoms with van der Waals surface area (Å²) in [6.07, 6.45) is -0.361. The van der Waals surface area contributed by atoms with Gasteiger partial charge in [0.1, 0.15) is 0 Å². The van der Waals surface area contributed by atoms with Gasteiger partial charge in [-0.05, 0) is 12.5 Å². The number of benzene rings is 1. The van der Waals surface area contributed by atoms with Crippen LogP contribution in [-0.2, 0) is 6.54 Å². The summed E-state index contributed by atoms with van der Waals surface area (Å²) in [5.41, 5.74) is 1.13. The molecule has 0 aromatic heterocycles. The average Bonchev–Trinajstić information content (AvgIpc) is 2.39. The molecule has 0 aliphatic rings. The summed E-state index contributed by atoms with van der Waals surface area (Å²) in [6.45, 7) is 2.73. The van der Waals surface area contributed by atoms with Gasteiger partial charge in [0.05, 0.1) is 25.2 Å². The molecule has 0 saturated carbocycles. The third kappa shape index (κ3) is 4.84. The van der Waals surface area contributed by atoms with Crippen molar-refractivity contribution in [2.24, 2.45) is 0 Å². The quantitative estimate of drug-likeness (QED) is 0.759. The maximum Gasteiger partial charge on any atom is 0.0897 e. The summed E-state index contributed by atoms with van der Waals surface area (Å²) in [5.74, 6) is 0. The van der Waals surface area contributed by atoms with Crippen LogP contribution in [0.15, 0.2) is 30.3 Å². The van der Waals surface area contributed by atoms with Gasteiger partial charge in [-0.25, -0.2) is 0 Å². The number of nitrogens with zero attached hydrogens (tertiary/aromatic N) is 2. The average molecular weight is 248 g/mol. The Labute approximate surface area is 108 Å². The minimum absolute atomic E-state index is 0.0522. The van der Waals surface area contributed by atoms with Gasteiger partial charge in [0.15, 0.2) is 0 Å². The summed E-state index contributed by atoms with van der Waals surface area (Å²) >= 11 is 0. The van der Waals surface area contributed by atoms with Gasteiger partial charge < -0.3 is 10.2 Å². The van der Waals surface area contributed by atoms with E-state index in [2.05, 4.69) is 6.07 Å². The van der Waals surface area contributed by atoms with Gasteiger partial charge in [0, 0.05) is 19.1 Å². The minimum Gasteiger partial charge on any atom is -0.394 e. The van der Waals surface area contributed by atoms with Gasteiger partial charge in [0.2, 0.25) is 0 Å². The molecule has 0 saturated heterocycles. The van der Waals surface area contributed by atoms with Crippen LogP contribution in [0.1, 0.15) is 18.9 Å². The SMILES string of the molecule is CC(CC#N)N(Cc1ccccc1)C[C@H](O)CO. The summed E-state index contributed by atoms with van der Waals surface area (Å²) in [7, 11) is 0. The Morgan fingerprint density at radius 3 is 2.56 bits per heavy atom. The molecule has 4 nitrogen and oxygen atoms in total. The fraction of sp³-hybridized carbons (Fsp3) is 0.500. The molecule has 0 fully saturated rings. The first-order valence-electron chi connectivity index (χ1n) is 6.11. The Morgan fingerprint density at radius 2 is 2.00 bits per heavy atom. The van der Waals surface area contributed by atoms with Crippen LogP contribution in [0.4, 0.5) is 0 Å². The van der Waals surface area contributed by atoms with Gasteiger partial charge in [-0.15, -0.1) is 0 Å². The van der Waals surface area contributed by atoms with Gasteiger partial charge in [-0.1, -0.05) is 30.3 Å². The van der Waals surface area contributed by atoms with Crippen molar-refractivity contribution in [3.8, 4) is 6.07 Å². The normalized spacial score (nSPS) is 14.2. The van der Waals surface area contributed by atoms with Crippen molar-refractivity contribution in [1.82, 2.24) is 4.90 Å². The van der Waals surface area contributed by atoms with Crippen LogP contribution in [0.5, 0.6) is 0 Å². The zero-order chi connectivity index (χ0) is 13.4. The van der Waals surface area contributed by atoms with E-state index in [1.807, 2.05) is 42.2 Å². The Balaban J connectivity index is 2.68. The monoisotopic (exact) mass is 248 g/mol. The first-order valence-corrected chi connectivity index (χ1v) is 6.11. The first kappa shape index (κ1) is 14.7. The number of rotatable bonds is 7. The molecule has 0 spiro atoms. The van der Waals surface area contributed by atoms with Crippen molar-refractivity contribution in [3.05, 3.63) is 35.9 Å². The highest BCUT2D eigenvalue weighted by molar-refractivity contribution is 5.14. The lowest BCUT2D eigenvalue weighted by molar-refractivity contribution is 0.0443. The maximum atomic E-state index is 9.55. The Hall–Kier alpha value is -1.41. The zero-order valence-electron chi connectivity index (χ0n) is 10.7. The molecule has 0 amide bonds. The second kappa shape index (κ2) is 7.83. The van der Waals surface area contributed by atoms with Crippen LogP contribution in [-0.4, -0.2) is 40.4 Å². The van der Waals surface area contributed by atoms with E-state index >= 15 is 0 Å². The summed E-state index contributed by atoms with van der Waals surface area (Å²) in [6, 6.07) is 12.1.